The molecule has 0 aromatic carbocycles. The average Bonchev–Trinajstić information content (AvgIpc) is 2.38. The zero-order valence-electron chi connectivity index (χ0n) is 14.4. The van der Waals surface area contributed by atoms with Crippen molar-refractivity contribution in [1.29, 1.82) is 0 Å². The summed E-state index contributed by atoms with van der Waals surface area (Å²) in [4.78, 5) is 0. The first-order chi connectivity index (χ1) is 9.02. The summed E-state index contributed by atoms with van der Waals surface area (Å²) in [5.41, 5.74) is 0. The highest BCUT2D eigenvalue weighted by Gasteiger charge is 2.19. The fraction of sp³-hybridized carbons (Fsp3) is 1.00. The first kappa shape index (κ1) is 19.0. The van der Waals surface area contributed by atoms with E-state index in [2.05, 4.69) is 41.5 Å². The summed E-state index contributed by atoms with van der Waals surface area (Å²) in [7, 11) is 0. The highest BCUT2D eigenvalue weighted by Crippen LogP contribution is 2.21. The smallest absolute Gasteiger partial charge is 0.0576 e. The molecule has 116 valence electrons. The van der Waals surface area contributed by atoms with E-state index in [1.807, 2.05) is 0 Å². The van der Waals surface area contributed by atoms with Crippen LogP contribution in [-0.2, 0) is 4.74 Å². The molecule has 0 bridgehead atoms. The minimum absolute atomic E-state index is 0.403. The third-order valence-electron chi connectivity index (χ3n) is 4.56. The zero-order chi connectivity index (χ0) is 14.7. The van der Waals surface area contributed by atoms with Gasteiger partial charge in [-0.05, 0) is 38.5 Å². The molecule has 0 aliphatic heterocycles. The summed E-state index contributed by atoms with van der Waals surface area (Å²) in [5, 5.41) is 0. The summed E-state index contributed by atoms with van der Waals surface area (Å²) in [6.07, 6.45) is 11.5. The van der Waals surface area contributed by atoms with Crippen molar-refractivity contribution in [2.45, 2.75) is 105 Å². The van der Waals surface area contributed by atoms with Crippen molar-refractivity contribution in [2.75, 3.05) is 0 Å². The van der Waals surface area contributed by atoms with E-state index in [0.29, 0.717) is 24.0 Å². The zero-order valence-corrected chi connectivity index (χ0v) is 14.4. The van der Waals surface area contributed by atoms with Gasteiger partial charge in [-0.25, -0.2) is 0 Å². The molecule has 1 nitrogen and oxygen atoms in total. The fourth-order valence-electron chi connectivity index (χ4n) is 2.51. The molecule has 4 atom stereocenters. The Bertz CT molecular complexity index is 170. The van der Waals surface area contributed by atoms with Gasteiger partial charge in [0, 0.05) is 0 Å². The van der Waals surface area contributed by atoms with E-state index in [4.69, 9.17) is 4.74 Å². The van der Waals surface area contributed by atoms with Gasteiger partial charge in [0.05, 0.1) is 12.2 Å². The predicted octanol–water partition coefficient (Wildman–Crippen LogP) is 6.21. The molecule has 0 saturated heterocycles. The van der Waals surface area contributed by atoms with Gasteiger partial charge in [-0.2, -0.15) is 0 Å². The van der Waals surface area contributed by atoms with Crippen LogP contribution in [0, 0.1) is 11.8 Å². The van der Waals surface area contributed by atoms with Crippen LogP contribution in [0.2, 0.25) is 0 Å². The quantitative estimate of drug-likeness (QED) is 0.383. The molecule has 0 fully saturated rings. The second-order valence-corrected chi connectivity index (χ2v) is 6.49. The van der Waals surface area contributed by atoms with Crippen LogP contribution in [0.5, 0.6) is 0 Å². The third-order valence-corrected chi connectivity index (χ3v) is 4.56. The van der Waals surface area contributed by atoms with Gasteiger partial charge in [0.2, 0.25) is 0 Å². The van der Waals surface area contributed by atoms with Crippen LogP contribution in [0.15, 0.2) is 0 Å². The minimum Gasteiger partial charge on any atom is -0.375 e. The van der Waals surface area contributed by atoms with E-state index in [1.165, 1.54) is 51.4 Å². The van der Waals surface area contributed by atoms with Gasteiger partial charge < -0.3 is 4.74 Å². The van der Waals surface area contributed by atoms with Crippen molar-refractivity contribution in [3.8, 4) is 0 Å². The van der Waals surface area contributed by atoms with Gasteiger partial charge in [0.15, 0.2) is 0 Å². The SMILES string of the molecule is CCCCCC(C)C(C)OC(C)C(C)CCCCC. The van der Waals surface area contributed by atoms with Crippen molar-refractivity contribution in [3.63, 3.8) is 0 Å². The molecule has 0 N–H and O–H groups in total. The van der Waals surface area contributed by atoms with E-state index < -0.39 is 0 Å². The molecule has 0 rings (SSSR count). The van der Waals surface area contributed by atoms with Crippen LogP contribution < -0.4 is 0 Å². The molecule has 4 unspecified atom stereocenters. The van der Waals surface area contributed by atoms with Crippen molar-refractivity contribution >= 4 is 0 Å². The molecule has 0 radical (unpaired) electrons. The van der Waals surface area contributed by atoms with Crippen LogP contribution in [0.25, 0.3) is 0 Å². The number of ether oxygens (including phenoxy) is 1. The molecule has 0 saturated carbocycles. The Morgan fingerprint density at radius 3 is 1.32 bits per heavy atom. The lowest BCUT2D eigenvalue weighted by Crippen LogP contribution is -2.27. The summed E-state index contributed by atoms with van der Waals surface area (Å²) < 4.78 is 6.24. The predicted molar refractivity (Wildman–Crippen MR) is 86.6 cm³/mol. The molecular formula is C18H38O. The fourth-order valence-corrected chi connectivity index (χ4v) is 2.51. The average molecular weight is 271 g/mol. The lowest BCUT2D eigenvalue weighted by atomic mass is 9.96. The standard InChI is InChI=1S/C18H38O/c1-7-9-11-13-15(3)17(5)19-18(6)16(4)14-12-10-8-2/h15-18H,7-14H2,1-6H3. The van der Waals surface area contributed by atoms with E-state index in [0.717, 1.165) is 0 Å². The van der Waals surface area contributed by atoms with Crippen LogP contribution in [0.3, 0.4) is 0 Å². The first-order valence-corrected chi connectivity index (χ1v) is 8.68. The van der Waals surface area contributed by atoms with Crippen LogP contribution in [-0.4, -0.2) is 12.2 Å². The molecule has 0 aliphatic rings. The summed E-state index contributed by atoms with van der Waals surface area (Å²) in [6.45, 7) is 13.7. The molecule has 0 aromatic heterocycles. The van der Waals surface area contributed by atoms with Gasteiger partial charge in [-0.3, -0.25) is 0 Å². The van der Waals surface area contributed by atoms with Crippen molar-refractivity contribution in [3.05, 3.63) is 0 Å². The van der Waals surface area contributed by atoms with E-state index >= 15 is 0 Å². The number of hydrogen-bond donors (Lipinski definition) is 0. The summed E-state index contributed by atoms with van der Waals surface area (Å²) in [6, 6.07) is 0. The van der Waals surface area contributed by atoms with E-state index in [-0.39, 0.29) is 0 Å². The van der Waals surface area contributed by atoms with Gasteiger partial charge >= 0.3 is 0 Å². The number of rotatable bonds is 12. The maximum absolute atomic E-state index is 6.24. The second-order valence-electron chi connectivity index (χ2n) is 6.49. The van der Waals surface area contributed by atoms with Crippen LogP contribution in [0.1, 0.15) is 92.9 Å². The third kappa shape index (κ3) is 9.49. The molecule has 0 heterocycles. The van der Waals surface area contributed by atoms with Crippen molar-refractivity contribution in [1.82, 2.24) is 0 Å². The van der Waals surface area contributed by atoms with E-state index in [1.54, 1.807) is 0 Å². The van der Waals surface area contributed by atoms with Gasteiger partial charge in [-0.15, -0.1) is 0 Å². The molecular weight excluding hydrogens is 232 g/mol. The molecule has 0 aliphatic carbocycles. The van der Waals surface area contributed by atoms with Crippen molar-refractivity contribution in [2.24, 2.45) is 11.8 Å². The summed E-state index contributed by atoms with van der Waals surface area (Å²) in [5.74, 6) is 1.38. The topological polar surface area (TPSA) is 9.23 Å². The Hall–Kier alpha value is -0.0400. The maximum Gasteiger partial charge on any atom is 0.0576 e. The number of unbranched alkanes of at least 4 members (excludes halogenated alkanes) is 4. The summed E-state index contributed by atoms with van der Waals surface area (Å²) >= 11 is 0. The molecule has 0 amide bonds. The minimum atomic E-state index is 0.403. The van der Waals surface area contributed by atoms with Crippen LogP contribution in [0.4, 0.5) is 0 Å². The lowest BCUT2D eigenvalue weighted by molar-refractivity contribution is -0.0473. The molecule has 1 heteroatoms. The molecule has 0 aromatic rings. The highest BCUT2D eigenvalue weighted by molar-refractivity contribution is 4.67. The Labute approximate surface area is 122 Å². The monoisotopic (exact) mass is 270 g/mol. The molecule has 19 heavy (non-hydrogen) atoms. The van der Waals surface area contributed by atoms with Gasteiger partial charge in [-0.1, -0.05) is 66.2 Å². The Kier molecular flexibility index (Phi) is 11.7. The maximum atomic E-state index is 6.24. The second kappa shape index (κ2) is 11.8. The highest BCUT2D eigenvalue weighted by atomic mass is 16.5. The van der Waals surface area contributed by atoms with E-state index in [9.17, 15) is 0 Å². The normalized spacial score (nSPS) is 18.0. The molecule has 0 spiro atoms. The Balaban J connectivity index is 3.85. The van der Waals surface area contributed by atoms with Gasteiger partial charge in [0.1, 0.15) is 0 Å². The van der Waals surface area contributed by atoms with Crippen LogP contribution >= 0.6 is 0 Å². The Morgan fingerprint density at radius 2 is 1.00 bits per heavy atom. The largest absolute Gasteiger partial charge is 0.375 e. The van der Waals surface area contributed by atoms with Crippen molar-refractivity contribution < 1.29 is 4.74 Å². The first-order valence-electron chi connectivity index (χ1n) is 8.68. The lowest BCUT2D eigenvalue weighted by Gasteiger charge is -2.28. The number of hydrogen-bond acceptors (Lipinski definition) is 1. The Morgan fingerprint density at radius 1 is 0.632 bits per heavy atom. The van der Waals surface area contributed by atoms with Gasteiger partial charge in [0.25, 0.3) is 0 Å².